The van der Waals surface area contributed by atoms with E-state index in [0.29, 0.717) is 36.5 Å². The Morgan fingerprint density at radius 2 is 1.72 bits per heavy atom. The highest BCUT2D eigenvalue weighted by Gasteiger charge is 2.63. The predicted molar refractivity (Wildman–Crippen MR) is 122 cm³/mol. The topological polar surface area (TPSA) is 91.7 Å². The number of carbonyl (C=O) groups is 3. The highest BCUT2D eigenvalue weighted by atomic mass is 16.4. The Bertz CT molecular complexity index is 776. The first kappa shape index (κ1) is 23.9. The van der Waals surface area contributed by atoms with Gasteiger partial charge in [-0.2, -0.15) is 0 Å². The molecule has 32 heavy (non-hydrogen) atoms. The molecule has 4 aliphatic rings. The second-order valence-electron chi connectivity index (χ2n) is 12.3. The van der Waals surface area contributed by atoms with Gasteiger partial charge in [0.25, 0.3) is 0 Å². The minimum atomic E-state index is -0.868. The van der Waals surface area contributed by atoms with Crippen molar-refractivity contribution in [2.75, 3.05) is 0 Å². The summed E-state index contributed by atoms with van der Waals surface area (Å²) in [7, 11) is 0. The summed E-state index contributed by atoms with van der Waals surface area (Å²) in [5.74, 6) is 0.495. The molecule has 4 saturated carbocycles. The number of carbonyl (C=O) groups excluding carboxylic acids is 2. The number of aliphatic hydroxyl groups is 1. The molecular weight excluding hydrogens is 404 g/mol. The van der Waals surface area contributed by atoms with E-state index >= 15 is 0 Å². The fourth-order valence-electron chi connectivity index (χ4n) is 8.81. The summed E-state index contributed by atoms with van der Waals surface area (Å²) in [6.07, 6.45) is 8.41. The van der Waals surface area contributed by atoms with Crippen LogP contribution in [0, 0.1) is 52.3 Å². The average Bonchev–Trinajstić information content (AvgIpc) is 3.01. The highest BCUT2D eigenvalue weighted by molar-refractivity contribution is 5.92. The van der Waals surface area contributed by atoms with Crippen molar-refractivity contribution >= 4 is 17.5 Å². The molecule has 4 rings (SSSR count). The minimum absolute atomic E-state index is 0.0531. The molecule has 5 heteroatoms. The molecule has 4 aliphatic carbocycles. The van der Waals surface area contributed by atoms with E-state index in [9.17, 15) is 19.5 Å². The van der Waals surface area contributed by atoms with Crippen LogP contribution in [0.15, 0.2) is 0 Å². The quantitative estimate of drug-likeness (QED) is 0.606. The van der Waals surface area contributed by atoms with Gasteiger partial charge in [-0.1, -0.05) is 27.7 Å². The summed E-state index contributed by atoms with van der Waals surface area (Å²) in [5, 5.41) is 19.4. The molecule has 2 N–H and O–H groups in total. The van der Waals surface area contributed by atoms with Crippen molar-refractivity contribution in [3.05, 3.63) is 0 Å². The molecule has 0 aromatic rings. The Morgan fingerprint density at radius 1 is 1.03 bits per heavy atom. The average molecular weight is 447 g/mol. The first-order valence-electron chi connectivity index (χ1n) is 12.9. The zero-order chi connectivity index (χ0) is 23.4. The Morgan fingerprint density at radius 3 is 2.41 bits per heavy atom. The van der Waals surface area contributed by atoms with Gasteiger partial charge in [0.15, 0.2) is 0 Å². The van der Waals surface area contributed by atoms with Crippen LogP contribution >= 0.6 is 0 Å². The van der Waals surface area contributed by atoms with Gasteiger partial charge in [0, 0.05) is 24.7 Å². The van der Waals surface area contributed by atoms with E-state index in [2.05, 4.69) is 13.8 Å². The summed E-state index contributed by atoms with van der Waals surface area (Å²) >= 11 is 0. The van der Waals surface area contributed by atoms with E-state index in [-0.39, 0.29) is 46.8 Å². The van der Waals surface area contributed by atoms with Gasteiger partial charge in [0.2, 0.25) is 0 Å². The molecule has 0 radical (unpaired) electrons. The zero-order valence-electron chi connectivity index (χ0n) is 20.3. The van der Waals surface area contributed by atoms with Gasteiger partial charge >= 0.3 is 5.97 Å². The van der Waals surface area contributed by atoms with Crippen LogP contribution < -0.4 is 0 Å². The lowest BCUT2D eigenvalue weighted by Gasteiger charge is -2.61. The van der Waals surface area contributed by atoms with Crippen LogP contribution in [0.2, 0.25) is 0 Å². The number of hydrogen-bond acceptors (Lipinski definition) is 4. The summed E-state index contributed by atoms with van der Waals surface area (Å²) < 4.78 is 0. The van der Waals surface area contributed by atoms with Crippen LogP contribution in [0.4, 0.5) is 0 Å². The smallest absolute Gasteiger partial charge is 0.306 e. The molecule has 0 saturated heterocycles. The number of carboxylic acid groups (broad SMARTS) is 1. The van der Waals surface area contributed by atoms with Crippen molar-refractivity contribution < 1.29 is 24.6 Å². The molecule has 0 aromatic heterocycles. The zero-order valence-corrected chi connectivity index (χ0v) is 20.3. The van der Waals surface area contributed by atoms with Gasteiger partial charge < -0.3 is 10.2 Å². The lowest BCUT2D eigenvalue weighted by Crippen LogP contribution is -2.54. The summed E-state index contributed by atoms with van der Waals surface area (Å²) in [5.41, 5.74) is 0.155. The molecule has 0 amide bonds. The molecule has 0 aromatic carbocycles. The van der Waals surface area contributed by atoms with Crippen LogP contribution in [-0.4, -0.2) is 33.9 Å². The van der Waals surface area contributed by atoms with Crippen LogP contribution in [0.5, 0.6) is 0 Å². The van der Waals surface area contributed by atoms with Crippen molar-refractivity contribution in [3.8, 4) is 0 Å². The van der Waals surface area contributed by atoms with Crippen molar-refractivity contribution in [1.82, 2.24) is 0 Å². The maximum Gasteiger partial charge on any atom is 0.306 e. The summed E-state index contributed by atoms with van der Waals surface area (Å²) in [6, 6.07) is 0. The summed E-state index contributed by atoms with van der Waals surface area (Å²) in [4.78, 5) is 37.5. The molecule has 180 valence electrons. The van der Waals surface area contributed by atoms with Gasteiger partial charge in [0.05, 0.1) is 12.0 Å². The molecular formula is C27H42O5. The molecule has 0 spiro atoms. The molecule has 0 bridgehead atoms. The number of Topliss-reactive ketones (excluding diaryl/α,β-unsaturated/α-hetero) is 2. The SMILES string of the molecule is C[C@H](CCC(=O)[C@@H](C)[C@H]1C(=O)C[C@H]2[C@@H]3CC[C@H]4C[C@@H](O)CC[C@]4(C)[C@H]3CC[C@]12C)C(=O)O. The fraction of sp³-hybridized carbons (Fsp3) is 0.889. The van der Waals surface area contributed by atoms with Gasteiger partial charge in [-0.05, 0) is 85.9 Å². The van der Waals surface area contributed by atoms with Gasteiger partial charge in [-0.25, -0.2) is 0 Å². The van der Waals surface area contributed by atoms with Gasteiger partial charge in [0.1, 0.15) is 11.6 Å². The number of hydrogen-bond donors (Lipinski definition) is 2. The van der Waals surface area contributed by atoms with E-state index in [1.807, 2.05) is 6.92 Å². The van der Waals surface area contributed by atoms with E-state index in [1.165, 1.54) is 0 Å². The molecule has 4 fully saturated rings. The lowest BCUT2D eigenvalue weighted by molar-refractivity contribution is -0.142. The molecule has 10 atom stereocenters. The number of rotatable bonds is 6. The van der Waals surface area contributed by atoms with Crippen LogP contribution in [0.1, 0.15) is 91.9 Å². The normalized spacial score (nSPS) is 45.3. The second kappa shape index (κ2) is 8.52. The number of ketones is 2. The first-order chi connectivity index (χ1) is 15.0. The predicted octanol–water partition coefficient (Wildman–Crippen LogP) is 4.89. The van der Waals surface area contributed by atoms with Crippen LogP contribution in [0.25, 0.3) is 0 Å². The largest absolute Gasteiger partial charge is 0.481 e. The fourth-order valence-corrected chi connectivity index (χ4v) is 8.81. The minimum Gasteiger partial charge on any atom is -0.481 e. The second-order valence-corrected chi connectivity index (χ2v) is 12.3. The Hall–Kier alpha value is -1.23. The Labute approximate surface area is 192 Å². The van der Waals surface area contributed by atoms with E-state index < -0.39 is 11.9 Å². The highest BCUT2D eigenvalue weighted by Crippen LogP contribution is 2.67. The molecule has 5 nitrogen and oxygen atoms in total. The van der Waals surface area contributed by atoms with Crippen molar-refractivity contribution in [1.29, 1.82) is 0 Å². The van der Waals surface area contributed by atoms with E-state index in [0.717, 1.165) is 44.9 Å². The van der Waals surface area contributed by atoms with Crippen LogP contribution in [-0.2, 0) is 14.4 Å². The number of aliphatic hydroxyl groups excluding tert-OH is 1. The molecule has 0 aliphatic heterocycles. The first-order valence-corrected chi connectivity index (χ1v) is 12.9. The maximum absolute atomic E-state index is 13.3. The van der Waals surface area contributed by atoms with Crippen molar-refractivity contribution in [2.24, 2.45) is 52.3 Å². The lowest BCUT2D eigenvalue weighted by atomic mass is 9.44. The van der Waals surface area contributed by atoms with Gasteiger partial charge in [-0.3, -0.25) is 14.4 Å². The number of fused-ring (bicyclic) bond motifs is 5. The van der Waals surface area contributed by atoms with Crippen LogP contribution in [0.3, 0.4) is 0 Å². The Kier molecular flexibility index (Phi) is 6.37. The number of aliphatic carboxylic acids is 1. The third-order valence-corrected chi connectivity index (χ3v) is 10.8. The third kappa shape index (κ3) is 3.76. The summed E-state index contributed by atoms with van der Waals surface area (Å²) in [6.45, 7) is 8.27. The van der Waals surface area contributed by atoms with Gasteiger partial charge in [-0.15, -0.1) is 0 Å². The Balaban J connectivity index is 1.51. The van der Waals surface area contributed by atoms with E-state index in [4.69, 9.17) is 5.11 Å². The standard InChI is InChI=1S/C27H42O5/c1-15(25(31)32)5-8-22(29)16(2)24-23(30)14-21-19-7-6-17-13-18(28)9-11-26(17,3)20(19)10-12-27(21,24)4/h15-21,24,28H,5-14H2,1-4H3,(H,31,32)/t15-,16-,17+,18+,19-,20+,21+,24+,26+,27+/m1/s1. The van der Waals surface area contributed by atoms with E-state index in [1.54, 1.807) is 6.92 Å². The van der Waals surface area contributed by atoms with Crippen molar-refractivity contribution in [2.45, 2.75) is 98.0 Å². The number of carboxylic acids is 1. The molecule has 0 heterocycles. The van der Waals surface area contributed by atoms with Crippen molar-refractivity contribution in [3.63, 3.8) is 0 Å². The maximum atomic E-state index is 13.3. The molecule has 0 unspecified atom stereocenters. The monoisotopic (exact) mass is 446 g/mol. The third-order valence-electron chi connectivity index (χ3n) is 10.8.